The molecule has 1 aliphatic rings. The second-order valence-electron chi connectivity index (χ2n) is 4.53. The fourth-order valence-electron chi connectivity index (χ4n) is 1.96. The molecule has 0 aliphatic carbocycles. The Morgan fingerprint density at radius 1 is 1.71 bits per heavy atom. The molecule has 1 aliphatic heterocycles. The summed E-state index contributed by atoms with van der Waals surface area (Å²) in [5.74, 6) is 0. The SMILES string of the molecule is C=CC(C)NC1CCOC(C)(CC)C1. The van der Waals surface area contributed by atoms with Crippen molar-refractivity contribution in [1.29, 1.82) is 0 Å². The number of ether oxygens (including phenoxy) is 1. The highest BCUT2D eigenvalue weighted by Gasteiger charge is 2.31. The minimum absolute atomic E-state index is 0.0802. The van der Waals surface area contributed by atoms with E-state index in [1.807, 2.05) is 6.08 Å². The van der Waals surface area contributed by atoms with Gasteiger partial charge in [0.05, 0.1) is 5.60 Å². The molecule has 82 valence electrons. The number of hydrogen-bond acceptors (Lipinski definition) is 2. The molecule has 0 radical (unpaired) electrons. The summed E-state index contributed by atoms with van der Waals surface area (Å²) >= 11 is 0. The maximum Gasteiger partial charge on any atom is 0.0666 e. The third-order valence-corrected chi connectivity index (χ3v) is 3.20. The summed E-state index contributed by atoms with van der Waals surface area (Å²) in [6.07, 6.45) is 5.28. The van der Waals surface area contributed by atoms with Crippen molar-refractivity contribution < 1.29 is 4.74 Å². The number of hydrogen-bond donors (Lipinski definition) is 1. The molecule has 1 fully saturated rings. The molecular formula is C12H23NO. The van der Waals surface area contributed by atoms with E-state index in [0.717, 1.165) is 25.9 Å². The van der Waals surface area contributed by atoms with Crippen LogP contribution in [-0.2, 0) is 4.74 Å². The van der Waals surface area contributed by atoms with Crippen LogP contribution in [-0.4, -0.2) is 24.3 Å². The van der Waals surface area contributed by atoms with Gasteiger partial charge in [0.25, 0.3) is 0 Å². The summed E-state index contributed by atoms with van der Waals surface area (Å²) in [4.78, 5) is 0. The van der Waals surface area contributed by atoms with Crippen LogP contribution >= 0.6 is 0 Å². The molecule has 0 amide bonds. The van der Waals surface area contributed by atoms with Gasteiger partial charge in [-0.2, -0.15) is 0 Å². The molecule has 1 saturated heterocycles. The molecule has 2 heteroatoms. The van der Waals surface area contributed by atoms with Crippen molar-refractivity contribution in [1.82, 2.24) is 5.32 Å². The van der Waals surface area contributed by atoms with E-state index < -0.39 is 0 Å². The van der Waals surface area contributed by atoms with Crippen molar-refractivity contribution in [2.45, 2.75) is 57.7 Å². The molecule has 0 aromatic rings. The Balaban J connectivity index is 2.43. The smallest absolute Gasteiger partial charge is 0.0666 e. The third kappa shape index (κ3) is 3.10. The topological polar surface area (TPSA) is 21.3 Å². The molecule has 1 N–H and O–H groups in total. The average molecular weight is 197 g/mol. The van der Waals surface area contributed by atoms with Gasteiger partial charge in [-0.1, -0.05) is 13.0 Å². The largest absolute Gasteiger partial charge is 0.375 e. The minimum Gasteiger partial charge on any atom is -0.375 e. The first-order valence-electron chi connectivity index (χ1n) is 5.62. The first-order chi connectivity index (χ1) is 6.59. The zero-order chi connectivity index (χ0) is 10.6. The van der Waals surface area contributed by atoms with E-state index in [1.165, 1.54) is 0 Å². The average Bonchev–Trinajstić information content (AvgIpc) is 2.18. The van der Waals surface area contributed by atoms with Gasteiger partial charge in [0.1, 0.15) is 0 Å². The fourth-order valence-corrected chi connectivity index (χ4v) is 1.96. The lowest BCUT2D eigenvalue weighted by Gasteiger charge is -2.38. The highest BCUT2D eigenvalue weighted by Crippen LogP contribution is 2.27. The summed E-state index contributed by atoms with van der Waals surface area (Å²) in [7, 11) is 0. The predicted molar refractivity (Wildman–Crippen MR) is 60.5 cm³/mol. The first kappa shape index (κ1) is 11.7. The van der Waals surface area contributed by atoms with Crippen LogP contribution in [0.15, 0.2) is 12.7 Å². The van der Waals surface area contributed by atoms with Crippen molar-refractivity contribution >= 4 is 0 Å². The van der Waals surface area contributed by atoms with Crippen LogP contribution in [0.2, 0.25) is 0 Å². The van der Waals surface area contributed by atoms with Crippen LogP contribution in [0.4, 0.5) is 0 Å². The lowest BCUT2D eigenvalue weighted by atomic mass is 9.89. The maximum absolute atomic E-state index is 5.79. The second kappa shape index (κ2) is 4.94. The molecule has 0 saturated carbocycles. The van der Waals surface area contributed by atoms with Gasteiger partial charge in [0.2, 0.25) is 0 Å². The zero-order valence-corrected chi connectivity index (χ0v) is 9.68. The Morgan fingerprint density at radius 3 is 3.00 bits per heavy atom. The molecule has 0 aromatic heterocycles. The molecule has 1 rings (SSSR count). The van der Waals surface area contributed by atoms with Crippen LogP contribution in [0.5, 0.6) is 0 Å². The molecule has 3 atom stereocenters. The van der Waals surface area contributed by atoms with Crippen molar-refractivity contribution in [3.8, 4) is 0 Å². The molecule has 0 bridgehead atoms. The number of rotatable bonds is 4. The standard InChI is InChI=1S/C12H23NO/c1-5-10(3)13-11-7-8-14-12(4,6-2)9-11/h5,10-11,13H,1,6-9H2,2-4H3. The normalized spacial score (nSPS) is 35.2. The fraction of sp³-hybridized carbons (Fsp3) is 0.833. The minimum atomic E-state index is 0.0802. The zero-order valence-electron chi connectivity index (χ0n) is 9.68. The van der Waals surface area contributed by atoms with E-state index in [2.05, 4.69) is 32.7 Å². The van der Waals surface area contributed by atoms with Gasteiger partial charge in [0, 0.05) is 18.7 Å². The van der Waals surface area contributed by atoms with Gasteiger partial charge < -0.3 is 10.1 Å². The summed E-state index contributed by atoms with van der Waals surface area (Å²) in [6, 6.07) is 0.987. The summed E-state index contributed by atoms with van der Waals surface area (Å²) in [6.45, 7) is 11.2. The summed E-state index contributed by atoms with van der Waals surface area (Å²) in [5.41, 5.74) is 0.0802. The van der Waals surface area contributed by atoms with Gasteiger partial charge in [-0.15, -0.1) is 6.58 Å². The van der Waals surface area contributed by atoms with Crippen molar-refractivity contribution in [3.63, 3.8) is 0 Å². The molecule has 14 heavy (non-hydrogen) atoms. The highest BCUT2D eigenvalue weighted by atomic mass is 16.5. The quantitative estimate of drug-likeness (QED) is 0.699. The van der Waals surface area contributed by atoms with E-state index in [0.29, 0.717) is 12.1 Å². The Labute approximate surface area is 87.7 Å². The van der Waals surface area contributed by atoms with Crippen molar-refractivity contribution in [3.05, 3.63) is 12.7 Å². The maximum atomic E-state index is 5.79. The number of nitrogens with one attached hydrogen (secondary N) is 1. The van der Waals surface area contributed by atoms with E-state index in [9.17, 15) is 0 Å². The molecule has 0 spiro atoms. The van der Waals surface area contributed by atoms with Crippen molar-refractivity contribution in [2.24, 2.45) is 0 Å². The molecule has 1 heterocycles. The Morgan fingerprint density at radius 2 is 2.43 bits per heavy atom. The van der Waals surface area contributed by atoms with E-state index in [1.54, 1.807) is 0 Å². The Kier molecular flexibility index (Phi) is 4.14. The second-order valence-corrected chi connectivity index (χ2v) is 4.53. The highest BCUT2D eigenvalue weighted by molar-refractivity contribution is 4.90. The van der Waals surface area contributed by atoms with Gasteiger partial charge in [-0.3, -0.25) is 0 Å². The molecular weight excluding hydrogens is 174 g/mol. The van der Waals surface area contributed by atoms with Crippen LogP contribution in [0, 0.1) is 0 Å². The van der Waals surface area contributed by atoms with Crippen LogP contribution in [0.1, 0.15) is 40.0 Å². The van der Waals surface area contributed by atoms with E-state index >= 15 is 0 Å². The Bertz CT molecular complexity index is 193. The van der Waals surface area contributed by atoms with Gasteiger partial charge in [-0.05, 0) is 33.1 Å². The Hall–Kier alpha value is -0.340. The van der Waals surface area contributed by atoms with Gasteiger partial charge in [-0.25, -0.2) is 0 Å². The van der Waals surface area contributed by atoms with E-state index in [-0.39, 0.29) is 5.60 Å². The molecule has 2 nitrogen and oxygen atoms in total. The monoisotopic (exact) mass is 197 g/mol. The van der Waals surface area contributed by atoms with Gasteiger partial charge >= 0.3 is 0 Å². The lowest BCUT2D eigenvalue weighted by molar-refractivity contribution is -0.0784. The van der Waals surface area contributed by atoms with Crippen LogP contribution < -0.4 is 5.32 Å². The first-order valence-corrected chi connectivity index (χ1v) is 5.62. The van der Waals surface area contributed by atoms with Gasteiger partial charge in [0.15, 0.2) is 0 Å². The molecule has 3 unspecified atom stereocenters. The van der Waals surface area contributed by atoms with Crippen molar-refractivity contribution in [2.75, 3.05) is 6.61 Å². The van der Waals surface area contributed by atoms with Crippen LogP contribution in [0.25, 0.3) is 0 Å². The lowest BCUT2D eigenvalue weighted by Crippen LogP contribution is -2.47. The third-order valence-electron chi connectivity index (χ3n) is 3.20. The molecule has 0 aromatic carbocycles. The summed E-state index contributed by atoms with van der Waals surface area (Å²) in [5, 5.41) is 3.56. The van der Waals surface area contributed by atoms with Crippen LogP contribution in [0.3, 0.4) is 0 Å². The predicted octanol–water partition coefficient (Wildman–Crippen LogP) is 2.50. The van der Waals surface area contributed by atoms with E-state index in [4.69, 9.17) is 4.74 Å². The summed E-state index contributed by atoms with van der Waals surface area (Å²) < 4.78 is 5.79.